The molecular formula is C20H14Cl10F12Pd. The molecule has 0 fully saturated rings. The number of rotatable bonds is 1. The zero-order valence-electron chi connectivity index (χ0n) is 20.8. The van der Waals surface area contributed by atoms with Crippen LogP contribution in [0.15, 0.2) is 51.3 Å². The first-order valence-corrected chi connectivity index (χ1v) is 12.9. The summed E-state index contributed by atoms with van der Waals surface area (Å²) in [6.07, 6.45) is -16.3. The Labute approximate surface area is 302 Å². The van der Waals surface area contributed by atoms with Gasteiger partial charge >= 0.3 is 24.7 Å². The van der Waals surface area contributed by atoms with Gasteiger partial charge in [0, 0.05) is 42.5 Å². The Balaban J connectivity index is -0.0000000996. The molecule has 0 rings (SSSR count). The Morgan fingerprint density at radius 2 is 0.814 bits per heavy atom. The van der Waals surface area contributed by atoms with Gasteiger partial charge in [-0.3, -0.25) is 0 Å². The second-order valence-corrected chi connectivity index (χ2v) is 10.3. The molecule has 0 saturated heterocycles. The summed E-state index contributed by atoms with van der Waals surface area (Å²) in [4.78, 5) is 0. The van der Waals surface area contributed by atoms with Crippen molar-refractivity contribution in [2.45, 2.75) is 52.4 Å². The predicted octanol–water partition coefficient (Wildman–Crippen LogP) is 15.0. The van der Waals surface area contributed by atoms with Crippen molar-refractivity contribution in [3.63, 3.8) is 0 Å². The van der Waals surface area contributed by atoms with E-state index in [1.807, 2.05) is 0 Å². The van der Waals surface area contributed by atoms with E-state index in [4.69, 9.17) is 116 Å². The maximum absolute atomic E-state index is 11.4. The Morgan fingerprint density at radius 1 is 0.558 bits per heavy atom. The normalized spacial score (nSPS) is 12.2. The number of halogens is 22. The molecule has 0 aliphatic heterocycles. The van der Waals surface area contributed by atoms with Gasteiger partial charge in [0.15, 0.2) is 0 Å². The first-order chi connectivity index (χ1) is 18.3. The van der Waals surface area contributed by atoms with Crippen LogP contribution in [-0.4, -0.2) is 24.7 Å². The molecule has 0 aliphatic carbocycles. The summed E-state index contributed by atoms with van der Waals surface area (Å²) >= 11 is 51.1. The van der Waals surface area contributed by atoms with Crippen molar-refractivity contribution < 1.29 is 73.1 Å². The fourth-order valence-electron chi connectivity index (χ4n) is 0.887. The third kappa shape index (κ3) is 43.0. The quantitative estimate of drug-likeness (QED) is 0.0808. The SMILES string of the molecule is C/C(Cl)=C(/Cl)C(F)(F)F.C/C(Cl)=C(\Cl)C(F)(F)F.C/C=C\C(F)(F)F.CC#CC(F)(F)F.ClC(Cl)=C(Cl)C(Cl)=C(Cl)Cl.[Pd]. The van der Waals surface area contributed by atoms with E-state index >= 15 is 0 Å². The van der Waals surface area contributed by atoms with Crippen LogP contribution in [0.3, 0.4) is 0 Å². The molecule has 0 nitrogen and oxygen atoms in total. The monoisotopic (exact) mass is 938 g/mol. The largest absolute Gasteiger partial charge is 0.457 e. The molecule has 0 saturated carbocycles. The van der Waals surface area contributed by atoms with Gasteiger partial charge in [-0.05, 0) is 27.7 Å². The second-order valence-electron chi connectivity index (χ2n) is 5.75. The van der Waals surface area contributed by atoms with Gasteiger partial charge < -0.3 is 0 Å². The summed E-state index contributed by atoms with van der Waals surface area (Å²) < 4.78 is 134. The third-order valence-corrected chi connectivity index (χ3v) is 5.81. The Bertz CT molecular complexity index is 953. The summed E-state index contributed by atoms with van der Waals surface area (Å²) in [6, 6.07) is 0. The van der Waals surface area contributed by atoms with Crippen LogP contribution in [0.5, 0.6) is 0 Å². The molecule has 43 heavy (non-hydrogen) atoms. The van der Waals surface area contributed by atoms with E-state index in [2.05, 4.69) is 0 Å². The van der Waals surface area contributed by atoms with Crippen LogP contribution in [-0.2, 0) is 20.4 Å². The van der Waals surface area contributed by atoms with Gasteiger partial charge in [0.2, 0.25) is 0 Å². The standard InChI is InChI=1S/C4Cl6.2C4H3Cl2F3.C4H5F3.C4H3F3.Pd/c5-1(3(7)8)2(6)4(9)10;2*1-2(5)3(6)4(7,8)9;2*1-2-3-4(5,6)7;/h;2*1H3;2-3H,1H3;1H3;/b;3-2+;2*3-2-;;. The Kier molecular flexibility index (Phi) is 35.3. The zero-order valence-corrected chi connectivity index (χ0v) is 29.9. The number of hydrogen-bond donors (Lipinski definition) is 0. The van der Waals surface area contributed by atoms with E-state index in [9.17, 15) is 52.7 Å². The molecule has 0 heterocycles. The molecule has 0 aromatic carbocycles. The molecule has 0 aliphatic rings. The number of alkyl halides is 12. The third-order valence-electron chi connectivity index (χ3n) is 2.25. The summed E-state index contributed by atoms with van der Waals surface area (Å²) in [5.74, 6) is 2.77. The smallest absolute Gasteiger partial charge is 0.167 e. The fraction of sp³-hybridized carbons (Fsp3) is 0.400. The van der Waals surface area contributed by atoms with Gasteiger partial charge in [-0.2, -0.15) is 52.7 Å². The van der Waals surface area contributed by atoms with Crippen molar-refractivity contribution >= 4 is 116 Å². The molecular weight excluding hydrogens is 929 g/mol. The molecule has 0 aromatic heterocycles. The Hall–Kier alpha value is 0.982. The molecule has 0 atom stereocenters. The molecule has 23 heteroatoms. The van der Waals surface area contributed by atoms with Crippen molar-refractivity contribution in [3.8, 4) is 11.8 Å². The van der Waals surface area contributed by atoms with E-state index in [1.54, 1.807) is 5.92 Å². The predicted molar refractivity (Wildman–Crippen MR) is 150 cm³/mol. The topological polar surface area (TPSA) is 0 Å². The van der Waals surface area contributed by atoms with Gasteiger partial charge in [0.25, 0.3) is 0 Å². The molecule has 258 valence electrons. The maximum Gasteiger partial charge on any atom is 0.457 e. The first kappa shape index (κ1) is 56.3. The maximum atomic E-state index is 11.4. The first-order valence-electron chi connectivity index (χ1n) is 9.11. The van der Waals surface area contributed by atoms with E-state index in [-0.39, 0.29) is 45.5 Å². The van der Waals surface area contributed by atoms with E-state index < -0.39 is 44.8 Å². The number of hydrogen-bond acceptors (Lipinski definition) is 0. The van der Waals surface area contributed by atoms with Crippen molar-refractivity contribution in [1.29, 1.82) is 0 Å². The molecule has 0 aromatic rings. The van der Waals surface area contributed by atoms with E-state index in [0.717, 1.165) is 32.8 Å². The van der Waals surface area contributed by atoms with Crippen LogP contribution in [0.1, 0.15) is 27.7 Å². The second kappa shape index (κ2) is 27.0. The van der Waals surface area contributed by atoms with Crippen LogP contribution >= 0.6 is 116 Å². The molecule has 0 unspecified atom stereocenters. The van der Waals surface area contributed by atoms with Gasteiger partial charge in [0.1, 0.15) is 19.0 Å². The molecule has 0 N–H and O–H groups in total. The van der Waals surface area contributed by atoms with Crippen LogP contribution in [0.4, 0.5) is 52.7 Å². The van der Waals surface area contributed by atoms with Crippen molar-refractivity contribution in [1.82, 2.24) is 0 Å². The molecule has 0 radical (unpaired) electrons. The van der Waals surface area contributed by atoms with Gasteiger partial charge in [-0.15, -0.1) is 0 Å². The van der Waals surface area contributed by atoms with Crippen LogP contribution < -0.4 is 0 Å². The van der Waals surface area contributed by atoms with Crippen molar-refractivity contribution in [2.24, 2.45) is 0 Å². The summed E-state index contributed by atoms with van der Waals surface area (Å²) in [7, 11) is 0. The summed E-state index contributed by atoms with van der Waals surface area (Å²) in [6.45, 7) is 4.63. The number of allylic oxidation sites excluding steroid dienone is 8. The molecule has 0 amide bonds. The zero-order chi connectivity index (χ0) is 35.4. The summed E-state index contributed by atoms with van der Waals surface area (Å²) in [5, 5.41) is -3.53. The van der Waals surface area contributed by atoms with Crippen LogP contribution in [0.2, 0.25) is 0 Å². The minimum Gasteiger partial charge on any atom is -0.167 e. The van der Waals surface area contributed by atoms with Gasteiger partial charge in [-0.1, -0.05) is 128 Å². The van der Waals surface area contributed by atoms with Crippen LogP contribution in [0, 0.1) is 11.8 Å². The average Bonchev–Trinajstić information content (AvgIpc) is 2.75. The Morgan fingerprint density at radius 3 is 0.837 bits per heavy atom. The molecule has 0 spiro atoms. The van der Waals surface area contributed by atoms with Crippen molar-refractivity contribution in [3.05, 3.63) is 51.3 Å². The molecule has 0 bridgehead atoms. The fourth-order valence-corrected chi connectivity index (χ4v) is 1.86. The summed E-state index contributed by atoms with van der Waals surface area (Å²) in [5.41, 5.74) is 0. The minimum absolute atomic E-state index is 0. The van der Waals surface area contributed by atoms with E-state index in [1.165, 1.54) is 6.92 Å². The average molecular weight is 943 g/mol. The van der Waals surface area contributed by atoms with Gasteiger partial charge in [0.05, 0.1) is 10.1 Å². The van der Waals surface area contributed by atoms with Crippen LogP contribution in [0.25, 0.3) is 0 Å². The van der Waals surface area contributed by atoms with E-state index in [0.29, 0.717) is 0 Å². The minimum atomic E-state index is -4.51. The van der Waals surface area contributed by atoms with Gasteiger partial charge in [-0.25, -0.2) is 0 Å². The van der Waals surface area contributed by atoms with Crippen molar-refractivity contribution in [2.75, 3.05) is 0 Å².